The average molecular weight is 283 g/mol. The Balaban J connectivity index is 1.88. The molecule has 2 unspecified atom stereocenters. The molecule has 20 heavy (non-hydrogen) atoms. The fourth-order valence-corrected chi connectivity index (χ4v) is 1.95. The van der Waals surface area contributed by atoms with Crippen LogP contribution in [0.3, 0.4) is 0 Å². The molecule has 1 aliphatic rings. The lowest BCUT2D eigenvalue weighted by molar-refractivity contribution is -0.160. The first-order valence-electron chi connectivity index (χ1n) is 6.24. The van der Waals surface area contributed by atoms with Gasteiger partial charge in [0.2, 0.25) is 0 Å². The highest BCUT2D eigenvalue weighted by Gasteiger charge is 2.38. The molecule has 0 spiro atoms. The predicted molar refractivity (Wildman–Crippen MR) is 68.2 cm³/mol. The first-order chi connectivity index (χ1) is 9.61. The summed E-state index contributed by atoms with van der Waals surface area (Å²) in [7, 11) is 0. The molecule has 1 aliphatic heterocycles. The van der Waals surface area contributed by atoms with E-state index in [-0.39, 0.29) is 6.61 Å². The van der Waals surface area contributed by atoms with Crippen LogP contribution in [0.15, 0.2) is 30.3 Å². The van der Waals surface area contributed by atoms with Crippen LogP contribution >= 0.6 is 0 Å². The molecule has 4 N–H and O–H groups in total. The second kappa shape index (κ2) is 6.67. The van der Waals surface area contributed by atoms with E-state index < -0.39 is 37.1 Å². The number of rotatable bonds is 3. The fourth-order valence-electron chi connectivity index (χ4n) is 1.95. The summed E-state index contributed by atoms with van der Waals surface area (Å²) >= 11 is 0. The smallest absolute Gasteiger partial charge is 0.410 e. The van der Waals surface area contributed by atoms with Crippen molar-refractivity contribution in [1.82, 2.24) is 5.32 Å². The van der Waals surface area contributed by atoms with E-state index in [1.165, 1.54) is 0 Å². The number of carbonyl (C=O) groups is 1. The van der Waals surface area contributed by atoms with E-state index in [2.05, 4.69) is 5.32 Å². The second-order valence-electron chi connectivity index (χ2n) is 4.49. The van der Waals surface area contributed by atoms with Crippen LogP contribution in [0, 0.1) is 0 Å². The van der Waals surface area contributed by atoms with Crippen LogP contribution < -0.4 is 10.1 Å². The Kier molecular flexibility index (Phi) is 4.91. The van der Waals surface area contributed by atoms with Gasteiger partial charge in [-0.3, -0.25) is 0 Å². The molecule has 0 saturated carbocycles. The van der Waals surface area contributed by atoms with Crippen molar-refractivity contribution in [2.75, 3.05) is 13.2 Å². The number of ether oxygens (including phenoxy) is 2. The molecule has 1 amide bonds. The van der Waals surface area contributed by atoms with E-state index in [0.29, 0.717) is 5.75 Å². The van der Waals surface area contributed by atoms with Crippen LogP contribution in [-0.4, -0.2) is 59.0 Å². The molecular weight excluding hydrogens is 266 g/mol. The summed E-state index contributed by atoms with van der Waals surface area (Å²) < 4.78 is 10.1. The minimum Gasteiger partial charge on any atom is -0.410 e. The van der Waals surface area contributed by atoms with E-state index in [9.17, 15) is 15.0 Å². The number of hydrogen-bond donors (Lipinski definition) is 4. The third-order valence-corrected chi connectivity index (χ3v) is 3.07. The van der Waals surface area contributed by atoms with Crippen LogP contribution in [0.2, 0.25) is 0 Å². The van der Waals surface area contributed by atoms with Crippen molar-refractivity contribution in [2.45, 2.75) is 24.4 Å². The summed E-state index contributed by atoms with van der Waals surface area (Å²) in [5.74, 6) is 0.366. The monoisotopic (exact) mass is 283 g/mol. The molecule has 1 aromatic rings. The zero-order chi connectivity index (χ0) is 14.5. The summed E-state index contributed by atoms with van der Waals surface area (Å²) in [5, 5.41) is 30.9. The van der Waals surface area contributed by atoms with Gasteiger partial charge in [0.05, 0.1) is 19.3 Å². The van der Waals surface area contributed by atoms with Gasteiger partial charge in [0.25, 0.3) is 0 Å². The Hall–Kier alpha value is -1.67. The lowest BCUT2D eigenvalue weighted by atomic mass is 9.99. The standard InChI is InChI=1S/C13H17NO6/c15-6-10-12(17)11(16)9(7-19-10)14-13(18)20-8-4-2-1-3-5-8/h1-5,9-12,15-17H,6-7H2,(H,14,18)/t9-,10?,11?,12+/m1/s1. The molecule has 2 rings (SSSR count). The van der Waals surface area contributed by atoms with Crippen LogP contribution in [0.5, 0.6) is 5.75 Å². The maximum Gasteiger partial charge on any atom is 0.412 e. The molecular formula is C13H17NO6. The zero-order valence-corrected chi connectivity index (χ0v) is 10.7. The average Bonchev–Trinajstić information content (AvgIpc) is 2.45. The van der Waals surface area contributed by atoms with E-state index in [1.54, 1.807) is 30.3 Å². The lowest BCUT2D eigenvalue weighted by Gasteiger charge is -2.36. The van der Waals surface area contributed by atoms with Gasteiger partial charge in [0, 0.05) is 0 Å². The number of para-hydroxylation sites is 1. The van der Waals surface area contributed by atoms with Crippen LogP contribution in [-0.2, 0) is 4.74 Å². The summed E-state index contributed by atoms with van der Waals surface area (Å²) in [5.41, 5.74) is 0. The van der Waals surface area contributed by atoms with Gasteiger partial charge in [0.1, 0.15) is 24.1 Å². The van der Waals surface area contributed by atoms with Crippen molar-refractivity contribution >= 4 is 6.09 Å². The Morgan fingerprint density at radius 1 is 1.30 bits per heavy atom. The molecule has 7 heteroatoms. The van der Waals surface area contributed by atoms with Crippen LogP contribution in [0.25, 0.3) is 0 Å². The third-order valence-electron chi connectivity index (χ3n) is 3.07. The Morgan fingerprint density at radius 3 is 2.65 bits per heavy atom. The highest BCUT2D eigenvalue weighted by atomic mass is 16.6. The van der Waals surface area contributed by atoms with Gasteiger partial charge >= 0.3 is 6.09 Å². The number of nitrogens with one attached hydrogen (secondary N) is 1. The highest BCUT2D eigenvalue weighted by molar-refractivity contribution is 5.70. The van der Waals surface area contributed by atoms with Crippen molar-refractivity contribution in [2.24, 2.45) is 0 Å². The maximum absolute atomic E-state index is 11.7. The molecule has 0 aromatic heterocycles. The van der Waals surface area contributed by atoms with E-state index in [1.807, 2.05) is 0 Å². The summed E-state index contributed by atoms with van der Waals surface area (Å²) in [4.78, 5) is 11.7. The Labute approximate surface area is 115 Å². The molecule has 1 aromatic carbocycles. The van der Waals surface area contributed by atoms with Crippen LogP contribution in [0.4, 0.5) is 4.79 Å². The number of aliphatic hydroxyl groups is 3. The first-order valence-corrected chi connectivity index (χ1v) is 6.24. The molecule has 1 fully saturated rings. The second-order valence-corrected chi connectivity index (χ2v) is 4.49. The molecule has 1 heterocycles. The van der Waals surface area contributed by atoms with Crippen molar-refractivity contribution in [1.29, 1.82) is 0 Å². The molecule has 0 radical (unpaired) electrons. The zero-order valence-electron chi connectivity index (χ0n) is 10.7. The van der Waals surface area contributed by atoms with Gasteiger partial charge in [-0.15, -0.1) is 0 Å². The van der Waals surface area contributed by atoms with Gasteiger partial charge < -0.3 is 30.1 Å². The number of carbonyl (C=O) groups excluding carboxylic acids is 1. The summed E-state index contributed by atoms with van der Waals surface area (Å²) in [6, 6.07) is 7.65. The first kappa shape index (κ1) is 14.7. The SMILES string of the molecule is O=C(N[C@@H]1COC(CO)[C@H](O)C1O)Oc1ccccc1. The van der Waals surface area contributed by atoms with Gasteiger partial charge in [-0.25, -0.2) is 4.79 Å². The summed E-state index contributed by atoms with van der Waals surface area (Å²) in [6.45, 7) is -0.424. The molecule has 110 valence electrons. The highest BCUT2D eigenvalue weighted by Crippen LogP contribution is 2.16. The number of hydrogen-bond acceptors (Lipinski definition) is 6. The number of benzene rings is 1. The van der Waals surface area contributed by atoms with Gasteiger partial charge in [0.15, 0.2) is 0 Å². The number of amides is 1. The van der Waals surface area contributed by atoms with E-state index >= 15 is 0 Å². The Morgan fingerprint density at radius 2 is 2.00 bits per heavy atom. The van der Waals surface area contributed by atoms with Crippen LogP contribution in [0.1, 0.15) is 0 Å². The molecule has 0 bridgehead atoms. The van der Waals surface area contributed by atoms with E-state index in [0.717, 1.165) is 0 Å². The molecule has 0 aliphatic carbocycles. The normalized spacial score (nSPS) is 29.8. The fraction of sp³-hybridized carbons (Fsp3) is 0.462. The Bertz CT molecular complexity index is 440. The van der Waals surface area contributed by atoms with Gasteiger partial charge in [-0.05, 0) is 12.1 Å². The van der Waals surface area contributed by atoms with Crippen molar-refractivity contribution in [3.63, 3.8) is 0 Å². The van der Waals surface area contributed by atoms with Crippen molar-refractivity contribution in [3.05, 3.63) is 30.3 Å². The number of aliphatic hydroxyl groups excluding tert-OH is 3. The molecule has 7 nitrogen and oxygen atoms in total. The third kappa shape index (κ3) is 3.45. The van der Waals surface area contributed by atoms with E-state index in [4.69, 9.17) is 14.6 Å². The van der Waals surface area contributed by atoms with Crippen molar-refractivity contribution in [3.8, 4) is 5.75 Å². The minimum atomic E-state index is -1.27. The van der Waals surface area contributed by atoms with Crippen molar-refractivity contribution < 1.29 is 29.6 Å². The molecule has 4 atom stereocenters. The largest absolute Gasteiger partial charge is 0.412 e. The molecule has 1 saturated heterocycles. The summed E-state index contributed by atoms with van der Waals surface area (Å²) in [6.07, 6.45) is -4.10. The van der Waals surface area contributed by atoms with Gasteiger partial charge in [-0.2, -0.15) is 0 Å². The minimum absolute atomic E-state index is 0.0205. The lowest BCUT2D eigenvalue weighted by Crippen LogP contribution is -2.60. The topological polar surface area (TPSA) is 108 Å². The predicted octanol–water partition coefficient (Wildman–Crippen LogP) is -0.743. The maximum atomic E-state index is 11.7. The quantitative estimate of drug-likeness (QED) is 0.582. The van der Waals surface area contributed by atoms with Gasteiger partial charge in [-0.1, -0.05) is 18.2 Å².